The number of hydrogen-bond acceptors (Lipinski definition) is 2. The highest BCUT2D eigenvalue weighted by Gasteiger charge is 2.45. The van der Waals surface area contributed by atoms with Gasteiger partial charge in [0.25, 0.3) is 0 Å². The average Bonchev–Trinajstić information content (AvgIpc) is 2.52. The maximum atomic E-state index is 13.5. The standard InChI is InChI=1S/C19H20FNO2/c1-23-17-9-3-2-6-14(17)13-21-18(22)19(10-5-11-19)15-7-4-8-16(20)12-15/h2-4,6-9,12H,5,10-11,13H2,1H3,(H,21,22). The molecule has 0 unspecified atom stereocenters. The summed E-state index contributed by atoms with van der Waals surface area (Å²) >= 11 is 0. The topological polar surface area (TPSA) is 38.3 Å². The second-order valence-electron chi connectivity index (χ2n) is 5.94. The lowest BCUT2D eigenvalue weighted by atomic mass is 9.64. The third kappa shape index (κ3) is 2.93. The molecule has 0 radical (unpaired) electrons. The van der Waals surface area contributed by atoms with Crippen LogP contribution in [0.4, 0.5) is 4.39 Å². The van der Waals surface area contributed by atoms with Crippen molar-refractivity contribution < 1.29 is 13.9 Å². The second kappa shape index (κ2) is 6.41. The molecule has 2 aromatic carbocycles. The normalized spacial score (nSPS) is 15.6. The molecule has 0 heterocycles. The minimum atomic E-state index is -0.593. The monoisotopic (exact) mass is 313 g/mol. The Morgan fingerprint density at radius 1 is 1.22 bits per heavy atom. The molecular formula is C19H20FNO2. The summed E-state index contributed by atoms with van der Waals surface area (Å²) in [5.41, 5.74) is 1.10. The number of benzene rings is 2. The molecule has 0 atom stereocenters. The Labute approximate surface area is 135 Å². The summed E-state index contributed by atoms with van der Waals surface area (Å²) < 4.78 is 18.8. The molecule has 0 aromatic heterocycles. The van der Waals surface area contributed by atoms with E-state index in [1.54, 1.807) is 13.2 Å². The molecule has 3 rings (SSSR count). The van der Waals surface area contributed by atoms with Gasteiger partial charge in [-0.3, -0.25) is 4.79 Å². The Balaban J connectivity index is 1.76. The molecule has 1 aliphatic rings. The van der Waals surface area contributed by atoms with Crippen LogP contribution in [-0.4, -0.2) is 13.0 Å². The first-order valence-electron chi connectivity index (χ1n) is 7.82. The molecule has 23 heavy (non-hydrogen) atoms. The molecule has 1 fully saturated rings. The van der Waals surface area contributed by atoms with Crippen LogP contribution < -0.4 is 10.1 Å². The first-order chi connectivity index (χ1) is 11.2. The van der Waals surface area contributed by atoms with Crippen LogP contribution in [0.15, 0.2) is 48.5 Å². The molecule has 2 aromatic rings. The maximum Gasteiger partial charge on any atom is 0.230 e. The summed E-state index contributed by atoms with van der Waals surface area (Å²) in [5, 5.41) is 2.99. The van der Waals surface area contributed by atoms with Crippen LogP contribution in [0.3, 0.4) is 0 Å². The summed E-state index contributed by atoms with van der Waals surface area (Å²) in [6.07, 6.45) is 2.50. The van der Waals surface area contributed by atoms with Gasteiger partial charge in [-0.15, -0.1) is 0 Å². The average molecular weight is 313 g/mol. The van der Waals surface area contributed by atoms with Gasteiger partial charge in [-0.1, -0.05) is 36.8 Å². The van der Waals surface area contributed by atoms with E-state index in [0.717, 1.165) is 36.1 Å². The summed E-state index contributed by atoms with van der Waals surface area (Å²) in [7, 11) is 1.61. The van der Waals surface area contributed by atoms with E-state index in [1.165, 1.54) is 12.1 Å². The summed E-state index contributed by atoms with van der Waals surface area (Å²) in [6.45, 7) is 0.403. The molecule has 0 saturated heterocycles. The van der Waals surface area contributed by atoms with Gasteiger partial charge < -0.3 is 10.1 Å². The zero-order chi connectivity index (χ0) is 16.3. The van der Waals surface area contributed by atoms with E-state index in [1.807, 2.05) is 30.3 Å². The fourth-order valence-corrected chi connectivity index (χ4v) is 3.16. The van der Waals surface area contributed by atoms with E-state index in [9.17, 15) is 9.18 Å². The molecule has 0 aliphatic heterocycles. The Bertz CT molecular complexity index is 710. The Morgan fingerprint density at radius 3 is 2.65 bits per heavy atom. The summed E-state index contributed by atoms with van der Waals surface area (Å²) in [6, 6.07) is 14.0. The Kier molecular flexibility index (Phi) is 4.33. The SMILES string of the molecule is COc1ccccc1CNC(=O)C1(c2cccc(F)c2)CCC1. The molecule has 3 nitrogen and oxygen atoms in total. The molecule has 120 valence electrons. The number of hydrogen-bond donors (Lipinski definition) is 1. The van der Waals surface area contributed by atoms with Crippen molar-refractivity contribution in [1.29, 1.82) is 0 Å². The van der Waals surface area contributed by atoms with E-state index in [-0.39, 0.29) is 11.7 Å². The number of para-hydroxylation sites is 1. The predicted octanol–water partition coefficient (Wildman–Crippen LogP) is 3.57. The lowest BCUT2D eigenvalue weighted by Crippen LogP contribution is -2.49. The molecule has 0 spiro atoms. The number of ether oxygens (including phenoxy) is 1. The highest BCUT2D eigenvalue weighted by molar-refractivity contribution is 5.89. The number of nitrogens with one attached hydrogen (secondary N) is 1. The first-order valence-corrected chi connectivity index (χ1v) is 7.82. The van der Waals surface area contributed by atoms with Crippen LogP contribution in [0.25, 0.3) is 0 Å². The largest absolute Gasteiger partial charge is 0.496 e. The zero-order valence-corrected chi connectivity index (χ0v) is 13.1. The number of amides is 1. The van der Waals surface area contributed by atoms with E-state index in [2.05, 4.69) is 5.32 Å². The van der Waals surface area contributed by atoms with Gasteiger partial charge in [-0.25, -0.2) is 4.39 Å². The third-order valence-electron chi connectivity index (χ3n) is 4.65. The van der Waals surface area contributed by atoms with E-state index in [4.69, 9.17) is 4.74 Å². The lowest BCUT2D eigenvalue weighted by molar-refractivity contribution is -0.130. The van der Waals surface area contributed by atoms with Crippen LogP contribution >= 0.6 is 0 Å². The van der Waals surface area contributed by atoms with Crippen LogP contribution in [0.1, 0.15) is 30.4 Å². The smallest absolute Gasteiger partial charge is 0.230 e. The number of halogens is 1. The zero-order valence-electron chi connectivity index (χ0n) is 13.1. The summed E-state index contributed by atoms with van der Waals surface area (Å²) in [4.78, 5) is 12.8. The highest BCUT2D eigenvalue weighted by Crippen LogP contribution is 2.44. The van der Waals surface area contributed by atoms with Crippen molar-refractivity contribution in [3.05, 3.63) is 65.5 Å². The Hall–Kier alpha value is -2.36. The Morgan fingerprint density at radius 2 is 2.00 bits per heavy atom. The maximum absolute atomic E-state index is 13.5. The van der Waals surface area contributed by atoms with Gasteiger partial charge in [0, 0.05) is 12.1 Å². The van der Waals surface area contributed by atoms with E-state index >= 15 is 0 Å². The highest BCUT2D eigenvalue weighted by atomic mass is 19.1. The van der Waals surface area contributed by atoms with Crippen LogP contribution in [-0.2, 0) is 16.8 Å². The number of carbonyl (C=O) groups excluding carboxylic acids is 1. The fraction of sp³-hybridized carbons (Fsp3) is 0.316. The minimum Gasteiger partial charge on any atom is -0.496 e. The molecule has 1 aliphatic carbocycles. The third-order valence-corrected chi connectivity index (χ3v) is 4.65. The van der Waals surface area contributed by atoms with Crippen molar-refractivity contribution in [3.8, 4) is 5.75 Å². The molecule has 1 saturated carbocycles. The van der Waals surface area contributed by atoms with Crippen molar-refractivity contribution in [1.82, 2.24) is 5.32 Å². The minimum absolute atomic E-state index is 0.0414. The predicted molar refractivity (Wildman–Crippen MR) is 86.8 cm³/mol. The van der Waals surface area contributed by atoms with Crippen LogP contribution in [0.5, 0.6) is 5.75 Å². The van der Waals surface area contributed by atoms with Gasteiger partial charge in [0.05, 0.1) is 12.5 Å². The van der Waals surface area contributed by atoms with Crippen LogP contribution in [0, 0.1) is 5.82 Å². The first kappa shape index (κ1) is 15.5. The molecule has 1 amide bonds. The molecular weight excluding hydrogens is 293 g/mol. The lowest BCUT2D eigenvalue weighted by Gasteiger charge is -2.40. The van der Waals surface area contributed by atoms with Gasteiger partial charge in [-0.05, 0) is 36.6 Å². The van der Waals surface area contributed by atoms with Crippen molar-refractivity contribution >= 4 is 5.91 Å². The number of carbonyl (C=O) groups is 1. The number of rotatable bonds is 5. The fourth-order valence-electron chi connectivity index (χ4n) is 3.16. The quantitative estimate of drug-likeness (QED) is 0.916. The van der Waals surface area contributed by atoms with Crippen LogP contribution in [0.2, 0.25) is 0 Å². The van der Waals surface area contributed by atoms with Gasteiger partial charge >= 0.3 is 0 Å². The van der Waals surface area contributed by atoms with Gasteiger partial charge in [0.1, 0.15) is 11.6 Å². The second-order valence-corrected chi connectivity index (χ2v) is 5.94. The van der Waals surface area contributed by atoms with Gasteiger partial charge in [-0.2, -0.15) is 0 Å². The van der Waals surface area contributed by atoms with E-state index in [0.29, 0.717) is 6.54 Å². The summed E-state index contributed by atoms with van der Waals surface area (Å²) in [5.74, 6) is 0.410. The molecule has 1 N–H and O–H groups in total. The van der Waals surface area contributed by atoms with Crippen molar-refractivity contribution in [3.63, 3.8) is 0 Å². The van der Waals surface area contributed by atoms with Crippen molar-refractivity contribution in [2.75, 3.05) is 7.11 Å². The number of methoxy groups -OCH3 is 1. The van der Waals surface area contributed by atoms with Crippen molar-refractivity contribution in [2.24, 2.45) is 0 Å². The van der Waals surface area contributed by atoms with Crippen molar-refractivity contribution in [2.45, 2.75) is 31.2 Å². The van der Waals surface area contributed by atoms with Gasteiger partial charge in [0.2, 0.25) is 5.91 Å². The molecule has 4 heteroatoms. The van der Waals surface area contributed by atoms with E-state index < -0.39 is 5.41 Å². The van der Waals surface area contributed by atoms with Gasteiger partial charge in [0.15, 0.2) is 0 Å². The molecule has 0 bridgehead atoms.